The van der Waals surface area contributed by atoms with Crippen LogP contribution < -0.4 is 0 Å². The summed E-state index contributed by atoms with van der Waals surface area (Å²) in [4.78, 5) is 32.2. The highest BCUT2D eigenvalue weighted by atomic mass is 32.2. The molecule has 0 unspecified atom stereocenters. The van der Waals surface area contributed by atoms with Crippen LogP contribution in [0.1, 0.15) is 41.4 Å². The summed E-state index contributed by atoms with van der Waals surface area (Å²) in [6.07, 6.45) is 4.02. The average Bonchev–Trinajstić information content (AvgIpc) is 3.19. The number of thioether (sulfide) groups is 1. The van der Waals surface area contributed by atoms with Crippen molar-refractivity contribution in [2.75, 3.05) is 26.0 Å². The summed E-state index contributed by atoms with van der Waals surface area (Å²) in [7, 11) is 0. The smallest absolute Gasteiger partial charge is 0.314 e. The van der Waals surface area contributed by atoms with Crippen LogP contribution in [0.4, 0.5) is 0 Å². The maximum Gasteiger partial charge on any atom is 0.314 e. The first-order valence-corrected chi connectivity index (χ1v) is 11.6. The van der Waals surface area contributed by atoms with Crippen molar-refractivity contribution >= 4 is 35.0 Å². The number of rotatable bonds is 6. The van der Waals surface area contributed by atoms with E-state index >= 15 is 0 Å². The van der Waals surface area contributed by atoms with Gasteiger partial charge in [-0.05, 0) is 50.5 Å². The highest BCUT2D eigenvalue weighted by Crippen LogP contribution is 2.37. The van der Waals surface area contributed by atoms with E-state index in [1.807, 2.05) is 25.3 Å². The van der Waals surface area contributed by atoms with E-state index in [0.717, 1.165) is 28.3 Å². The zero-order chi connectivity index (χ0) is 20.1. The number of ether oxygens (including phenoxy) is 1. The number of aromatic nitrogens is 1. The Morgan fingerprint density at radius 2 is 2.14 bits per heavy atom. The van der Waals surface area contributed by atoms with Crippen molar-refractivity contribution in [1.82, 2.24) is 9.88 Å². The number of likely N-dealkylation sites (tertiary alicyclic amines) is 1. The molecule has 2 aromatic rings. The maximum atomic E-state index is 13.0. The van der Waals surface area contributed by atoms with E-state index < -0.39 is 5.41 Å². The van der Waals surface area contributed by atoms with Gasteiger partial charge in [-0.3, -0.25) is 9.59 Å². The summed E-state index contributed by atoms with van der Waals surface area (Å²) < 4.78 is 6.33. The Morgan fingerprint density at radius 1 is 1.36 bits per heavy atom. The van der Waals surface area contributed by atoms with Gasteiger partial charge in [0.05, 0.1) is 12.0 Å². The minimum absolute atomic E-state index is 0.102. The molecule has 7 heteroatoms. The molecule has 150 valence electrons. The predicted molar refractivity (Wildman–Crippen MR) is 113 cm³/mol. The molecule has 0 spiro atoms. The molecule has 1 fully saturated rings. The zero-order valence-corrected chi connectivity index (χ0v) is 18.2. The monoisotopic (exact) mass is 418 g/mol. The lowest BCUT2D eigenvalue weighted by atomic mass is 9.74. The van der Waals surface area contributed by atoms with Gasteiger partial charge in [-0.25, -0.2) is 4.98 Å². The van der Waals surface area contributed by atoms with Gasteiger partial charge in [-0.15, -0.1) is 11.3 Å². The van der Waals surface area contributed by atoms with E-state index in [2.05, 4.69) is 24.0 Å². The summed E-state index contributed by atoms with van der Waals surface area (Å²) in [5, 5.41) is 1.80. The van der Waals surface area contributed by atoms with Gasteiger partial charge in [0.1, 0.15) is 10.0 Å². The van der Waals surface area contributed by atoms with Crippen LogP contribution in [0.3, 0.4) is 0 Å². The summed E-state index contributed by atoms with van der Waals surface area (Å²) in [5.41, 5.74) is 2.03. The summed E-state index contributed by atoms with van der Waals surface area (Å²) in [5.74, 6) is -0.312. The van der Waals surface area contributed by atoms with Gasteiger partial charge in [0.15, 0.2) is 0 Å². The molecule has 0 N–H and O–H groups in total. The van der Waals surface area contributed by atoms with Crippen LogP contribution in [-0.4, -0.2) is 47.7 Å². The van der Waals surface area contributed by atoms with Crippen molar-refractivity contribution in [3.63, 3.8) is 0 Å². The van der Waals surface area contributed by atoms with Crippen molar-refractivity contribution in [3.8, 4) is 0 Å². The zero-order valence-electron chi connectivity index (χ0n) is 16.6. The second kappa shape index (κ2) is 9.09. The number of esters is 1. The Balaban J connectivity index is 1.87. The van der Waals surface area contributed by atoms with Crippen molar-refractivity contribution in [1.29, 1.82) is 0 Å². The van der Waals surface area contributed by atoms with Crippen LogP contribution in [0.2, 0.25) is 0 Å². The molecule has 1 aliphatic heterocycles. The number of carbonyl (C=O) groups is 2. The third-order valence-corrected chi connectivity index (χ3v) is 7.10. The van der Waals surface area contributed by atoms with Gasteiger partial charge in [0, 0.05) is 18.5 Å². The molecule has 0 bridgehead atoms. The lowest BCUT2D eigenvalue weighted by molar-refractivity contribution is -0.158. The molecule has 0 radical (unpaired) electrons. The molecular formula is C21H26N2O3S2. The fraction of sp³-hybridized carbons (Fsp3) is 0.476. The molecule has 1 aliphatic rings. The molecule has 3 rings (SSSR count). The second-order valence-electron chi connectivity index (χ2n) is 7.14. The first-order valence-electron chi connectivity index (χ1n) is 9.49. The minimum atomic E-state index is -0.714. The van der Waals surface area contributed by atoms with Crippen LogP contribution in [0.15, 0.2) is 34.0 Å². The van der Waals surface area contributed by atoms with Crippen molar-refractivity contribution in [2.45, 2.75) is 37.4 Å². The highest BCUT2D eigenvalue weighted by Gasteiger charge is 2.45. The first kappa shape index (κ1) is 20.9. The maximum absolute atomic E-state index is 13.0. The predicted octanol–water partition coefficient (Wildman–Crippen LogP) is 4.20. The minimum Gasteiger partial charge on any atom is -0.466 e. The molecule has 1 amide bonds. The number of amides is 1. The molecule has 5 nitrogen and oxygen atoms in total. The number of hydrogen-bond acceptors (Lipinski definition) is 6. The third kappa shape index (κ3) is 4.41. The average molecular weight is 419 g/mol. The number of aryl methyl sites for hydroxylation is 1. The van der Waals surface area contributed by atoms with E-state index in [1.54, 1.807) is 10.3 Å². The van der Waals surface area contributed by atoms with Gasteiger partial charge >= 0.3 is 5.97 Å². The summed E-state index contributed by atoms with van der Waals surface area (Å²) in [6, 6.07) is 8.10. The van der Waals surface area contributed by atoms with E-state index in [4.69, 9.17) is 4.74 Å². The largest absolute Gasteiger partial charge is 0.466 e. The molecule has 1 aromatic carbocycles. The van der Waals surface area contributed by atoms with Crippen LogP contribution in [-0.2, 0) is 16.0 Å². The molecule has 1 aromatic heterocycles. The van der Waals surface area contributed by atoms with Crippen molar-refractivity contribution < 1.29 is 14.3 Å². The lowest BCUT2D eigenvalue weighted by Gasteiger charge is -2.41. The van der Waals surface area contributed by atoms with Crippen molar-refractivity contribution in [3.05, 3.63) is 46.5 Å². The second-order valence-corrected chi connectivity index (χ2v) is 9.05. The van der Waals surface area contributed by atoms with Crippen molar-refractivity contribution in [2.24, 2.45) is 5.41 Å². The number of thiazole rings is 1. The number of nitrogens with zero attached hydrogens (tertiary/aromatic N) is 2. The van der Waals surface area contributed by atoms with Gasteiger partial charge in [-0.2, -0.15) is 0 Å². The number of hydrogen-bond donors (Lipinski definition) is 0. The van der Waals surface area contributed by atoms with Crippen LogP contribution in [0, 0.1) is 12.3 Å². The van der Waals surface area contributed by atoms with Crippen LogP contribution in [0.25, 0.3) is 0 Å². The molecule has 1 saturated heterocycles. The number of carbonyl (C=O) groups excluding carboxylic acids is 2. The number of piperidine rings is 1. The topological polar surface area (TPSA) is 59.5 Å². The van der Waals surface area contributed by atoms with Crippen LogP contribution >= 0.6 is 23.1 Å². The van der Waals surface area contributed by atoms with Gasteiger partial charge in [-0.1, -0.05) is 36.0 Å². The van der Waals surface area contributed by atoms with Gasteiger partial charge in [0.2, 0.25) is 0 Å². The molecule has 0 saturated carbocycles. The van der Waals surface area contributed by atoms with E-state index in [1.165, 1.54) is 23.1 Å². The SMILES string of the molecule is CCOC(=O)[C@]1(Cc2ccccc2C)CCCN(C(=O)c2csc(SC)n2)C1. The van der Waals surface area contributed by atoms with Crippen LogP contribution in [0.5, 0.6) is 0 Å². The molecule has 1 atom stereocenters. The van der Waals surface area contributed by atoms with E-state index in [0.29, 0.717) is 31.8 Å². The Bertz CT molecular complexity index is 852. The Labute approximate surface area is 174 Å². The quantitative estimate of drug-likeness (QED) is 0.520. The van der Waals surface area contributed by atoms with Gasteiger partial charge < -0.3 is 9.64 Å². The molecular weight excluding hydrogens is 392 g/mol. The Kier molecular flexibility index (Phi) is 6.78. The van der Waals surface area contributed by atoms with E-state index in [9.17, 15) is 9.59 Å². The Hall–Kier alpha value is -1.86. The fourth-order valence-corrected chi connectivity index (χ4v) is 4.99. The standard InChI is InChI=1S/C21H26N2O3S2/c1-4-26-19(25)21(12-16-9-6-5-8-15(16)2)10-7-11-23(14-21)18(24)17-13-28-20(22-17)27-3/h5-6,8-9,13H,4,7,10-12,14H2,1-3H3/t21-/m0/s1. The van der Waals surface area contributed by atoms with Gasteiger partial charge in [0.25, 0.3) is 5.91 Å². The molecule has 28 heavy (non-hydrogen) atoms. The summed E-state index contributed by atoms with van der Waals surface area (Å²) in [6.45, 7) is 5.22. The molecule has 0 aliphatic carbocycles. The fourth-order valence-electron chi connectivity index (χ4n) is 3.76. The summed E-state index contributed by atoms with van der Waals surface area (Å²) >= 11 is 3.00. The lowest BCUT2D eigenvalue weighted by Crippen LogP contribution is -2.51. The Morgan fingerprint density at radius 3 is 2.82 bits per heavy atom. The normalized spacial score (nSPS) is 19.5. The number of benzene rings is 1. The van der Waals surface area contributed by atoms with E-state index in [-0.39, 0.29) is 11.9 Å². The molecule has 2 heterocycles. The highest BCUT2D eigenvalue weighted by molar-refractivity contribution is 8.00. The third-order valence-electron chi connectivity index (χ3n) is 5.24. The first-order chi connectivity index (χ1) is 13.5.